The molecule has 0 fully saturated rings. The number of anilines is 1. The highest BCUT2D eigenvalue weighted by Gasteiger charge is 2.21. The van der Waals surface area contributed by atoms with Crippen molar-refractivity contribution in [3.05, 3.63) is 15.8 Å². The lowest BCUT2D eigenvalue weighted by Gasteiger charge is -2.27. The fourth-order valence-electron chi connectivity index (χ4n) is 1.25. The van der Waals surface area contributed by atoms with E-state index >= 15 is 0 Å². The highest BCUT2D eigenvalue weighted by molar-refractivity contribution is 7.14. The van der Waals surface area contributed by atoms with Crippen LogP contribution in [0.3, 0.4) is 0 Å². The van der Waals surface area contributed by atoms with Crippen LogP contribution in [0.15, 0.2) is 6.07 Å². The SMILES string of the molecule is Cc1sc(C(=O)NCC(C)C(C)(C)C)cc1N. The number of thiophene rings is 1. The summed E-state index contributed by atoms with van der Waals surface area (Å²) in [6, 6.07) is 1.75. The van der Waals surface area contributed by atoms with Crippen LogP contribution in [-0.2, 0) is 0 Å². The van der Waals surface area contributed by atoms with E-state index in [4.69, 9.17) is 5.73 Å². The van der Waals surface area contributed by atoms with Gasteiger partial charge in [-0.2, -0.15) is 0 Å². The number of hydrogen-bond donors (Lipinski definition) is 2. The van der Waals surface area contributed by atoms with Crippen LogP contribution in [0.25, 0.3) is 0 Å². The molecule has 3 N–H and O–H groups in total. The molecule has 0 aromatic carbocycles. The van der Waals surface area contributed by atoms with E-state index in [9.17, 15) is 4.79 Å². The molecular formula is C13H22N2OS. The van der Waals surface area contributed by atoms with Gasteiger partial charge in [0.05, 0.1) is 4.88 Å². The number of rotatable bonds is 3. The molecule has 1 aromatic rings. The Balaban J connectivity index is 2.56. The number of amides is 1. The van der Waals surface area contributed by atoms with E-state index in [-0.39, 0.29) is 11.3 Å². The Morgan fingerprint density at radius 1 is 1.53 bits per heavy atom. The van der Waals surface area contributed by atoms with E-state index in [0.29, 0.717) is 23.0 Å². The number of hydrogen-bond acceptors (Lipinski definition) is 3. The molecule has 1 rings (SSSR count). The zero-order chi connectivity index (χ0) is 13.2. The lowest BCUT2D eigenvalue weighted by Crippen LogP contribution is -2.33. The molecule has 0 saturated carbocycles. The zero-order valence-electron chi connectivity index (χ0n) is 11.3. The molecule has 1 atom stereocenters. The molecule has 17 heavy (non-hydrogen) atoms. The molecule has 0 spiro atoms. The summed E-state index contributed by atoms with van der Waals surface area (Å²) in [5.41, 5.74) is 6.64. The second-order valence-corrected chi connectivity index (χ2v) is 6.86. The average molecular weight is 254 g/mol. The monoisotopic (exact) mass is 254 g/mol. The number of carbonyl (C=O) groups excluding carboxylic acids is 1. The molecule has 1 amide bonds. The van der Waals surface area contributed by atoms with Gasteiger partial charge in [0, 0.05) is 17.1 Å². The van der Waals surface area contributed by atoms with Gasteiger partial charge in [0.15, 0.2) is 0 Å². The van der Waals surface area contributed by atoms with Gasteiger partial charge in [0.2, 0.25) is 0 Å². The van der Waals surface area contributed by atoms with Gasteiger partial charge >= 0.3 is 0 Å². The van der Waals surface area contributed by atoms with Gasteiger partial charge in [0.25, 0.3) is 5.91 Å². The molecule has 96 valence electrons. The summed E-state index contributed by atoms with van der Waals surface area (Å²) in [6.45, 7) is 11.3. The first-order valence-electron chi connectivity index (χ1n) is 5.86. The van der Waals surface area contributed by atoms with E-state index < -0.39 is 0 Å². The summed E-state index contributed by atoms with van der Waals surface area (Å²) in [6.07, 6.45) is 0. The summed E-state index contributed by atoms with van der Waals surface area (Å²) in [5, 5.41) is 2.96. The zero-order valence-corrected chi connectivity index (χ0v) is 12.1. The van der Waals surface area contributed by atoms with E-state index in [1.165, 1.54) is 11.3 Å². The summed E-state index contributed by atoms with van der Waals surface area (Å²) in [7, 11) is 0. The number of nitrogens with one attached hydrogen (secondary N) is 1. The molecule has 1 aromatic heterocycles. The predicted octanol–water partition coefficient (Wildman–Crippen LogP) is 3.05. The minimum absolute atomic E-state index is 0.0223. The maximum atomic E-state index is 11.9. The fourth-order valence-corrected chi connectivity index (χ4v) is 2.10. The van der Waals surface area contributed by atoms with Crippen LogP contribution in [0.2, 0.25) is 0 Å². The molecule has 0 radical (unpaired) electrons. The smallest absolute Gasteiger partial charge is 0.261 e. The van der Waals surface area contributed by atoms with Gasteiger partial charge in [0.1, 0.15) is 0 Å². The second-order valence-electron chi connectivity index (χ2n) is 5.60. The van der Waals surface area contributed by atoms with Gasteiger partial charge in [-0.15, -0.1) is 11.3 Å². The normalized spacial score (nSPS) is 13.5. The Bertz CT molecular complexity index is 385. The quantitative estimate of drug-likeness (QED) is 0.871. The van der Waals surface area contributed by atoms with Crippen molar-refractivity contribution in [2.75, 3.05) is 12.3 Å². The number of nitrogen functional groups attached to an aromatic ring is 1. The standard InChI is InChI=1S/C13H22N2OS/c1-8(13(3,4)5)7-15-12(16)11-6-10(14)9(2)17-11/h6,8H,7,14H2,1-5H3,(H,15,16). The van der Waals surface area contributed by atoms with Gasteiger partial charge in [-0.1, -0.05) is 27.7 Å². The molecule has 0 bridgehead atoms. The Morgan fingerprint density at radius 3 is 2.53 bits per heavy atom. The first kappa shape index (κ1) is 14.0. The van der Waals surface area contributed by atoms with E-state index in [0.717, 1.165) is 4.88 Å². The van der Waals surface area contributed by atoms with Crippen molar-refractivity contribution in [1.29, 1.82) is 0 Å². The highest BCUT2D eigenvalue weighted by atomic mass is 32.1. The van der Waals surface area contributed by atoms with Crippen LogP contribution in [0, 0.1) is 18.3 Å². The van der Waals surface area contributed by atoms with Crippen molar-refractivity contribution >= 4 is 22.9 Å². The number of nitrogens with two attached hydrogens (primary N) is 1. The summed E-state index contributed by atoms with van der Waals surface area (Å²) in [4.78, 5) is 13.6. The maximum absolute atomic E-state index is 11.9. The average Bonchev–Trinajstić information content (AvgIpc) is 2.54. The van der Waals surface area contributed by atoms with Gasteiger partial charge in [-0.25, -0.2) is 0 Å². The predicted molar refractivity (Wildman–Crippen MR) is 74.4 cm³/mol. The van der Waals surface area contributed by atoms with E-state index in [1.807, 2.05) is 6.92 Å². The molecule has 0 aliphatic carbocycles. The van der Waals surface area contributed by atoms with E-state index in [1.54, 1.807) is 6.07 Å². The Kier molecular flexibility index (Phi) is 4.20. The van der Waals surface area contributed by atoms with Crippen molar-refractivity contribution in [2.24, 2.45) is 11.3 Å². The van der Waals surface area contributed by atoms with Gasteiger partial charge in [-0.3, -0.25) is 4.79 Å². The van der Waals surface area contributed by atoms with Crippen molar-refractivity contribution in [2.45, 2.75) is 34.6 Å². The minimum atomic E-state index is -0.0223. The second kappa shape index (κ2) is 5.08. The molecular weight excluding hydrogens is 232 g/mol. The van der Waals surface area contributed by atoms with E-state index in [2.05, 4.69) is 33.0 Å². The summed E-state index contributed by atoms with van der Waals surface area (Å²) >= 11 is 1.44. The number of aryl methyl sites for hydroxylation is 1. The summed E-state index contributed by atoms with van der Waals surface area (Å²) in [5.74, 6) is 0.413. The molecule has 0 saturated heterocycles. The molecule has 4 heteroatoms. The molecule has 0 aliphatic heterocycles. The minimum Gasteiger partial charge on any atom is -0.398 e. The van der Waals surface area contributed by atoms with Crippen molar-refractivity contribution in [1.82, 2.24) is 5.32 Å². The first-order chi connectivity index (χ1) is 7.71. The summed E-state index contributed by atoms with van der Waals surface area (Å²) < 4.78 is 0. The van der Waals surface area contributed by atoms with Crippen molar-refractivity contribution in [3.8, 4) is 0 Å². The third-order valence-electron chi connectivity index (χ3n) is 3.23. The van der Waals surface area contributed by atoms with Crippen LogP contribution in [0.4, 0.5) is 5.69 Å². The lowest BCUT2D eigenvalue weighted by atomic mass is 9.82. The first-order valence-corrected chi connectivity index (χ1v) is 6.67. The molecule has 0 aliphatic rings. The Morgan fingerprint density at radius 2 is 2.12 bits per heavy atom. The van der Waals surface area contributed by atoms with Crippen LogP contribution >= 0.6 is 11.3 Å². The van der Waals surface area contributed by atoms with Crippen LogP contribution < -0.4 is 11.1 Å². The van der Waals surface area contributed by atoms with Crippen molar-refractivity contribution < 1.29 is 4.79 Å². The maximum Gasteiger partial charge on any atom is 0.261 e. The van der Waals surface area contributed by atoms with Gasteiger partial charge in [-0.05, 0) is 24.3 Å². The third-order valence-corrected chi connectivity index (χ3v) is 4.29. The highest BCUT2D eigenvalue weighted by Crippen LogP contribution is 2.25. The Hall–Kier alpha value is -1.03. The Labute approximate surface area is 107 Å². The third kappa shape index (κ3) is 3.73. The largest absolute Gasteiger partial charge is 0.398 e. The molecule has 1 heterocycles. The van der Waals surface area contributed by atoms with Crippen LogP contribution in [-0.4, -0.2) is 12.5 Å². The van der Waals surface area contributed by atoms with Crippen LogP contribution in [0.1, 0.15) is 42.2 Å². The molecule has 1 unspecified atom stereocenters. The van der Waals surface area contributed by atoms with Crippen LogP contribution in [0.5, 0.6) is 0 Å². The topological polar surface area (TPSA) is 55.1 Å². The van der Waals surface area contributed by atoms with Crippen molar-refractivity contribution in [3.63, 3.8) is 0 Å². The lowest BCUT2D eigenvalue weighted by molar-refractivity contribution is 0.0941. The van der Waals surface area contributed by atoms with Gasteiger partial charge < -0.3 is 11.1 Å². The fraction of sp³-hybridized carbons (Fsp3) is 0.615. The molecule has 3 nitrogen and oxygen atoms in total. The number of carbonyl (C=O) groups is 1.